The molecule has 2 aromatic heterocycles. The van der Waals surface area contributed by atoms with Crippen LogP contribution < -0.4 is 15.5 Å². The molecule has 0 aliphatic heterocycles. The minimum absolute atomic E-state index is 0.118. The summed E-state index contributed by atoms with van der Waals surface area (Å²) in [5.74, 6) is -0.423. The Balaban J connectivity index is 1.43. The van der Waals surface area contributed by atoms with Gasteiger partial charge < -0.3 is 20.5 Å². The zero-order valence-electron chi connectivity index (χ0n) is 19.2. The highest BCUT2D eigenvalue weighted by atomic mass is 16.2. The van der Waals surface area contributed by atoms with Gasteiger partial charge in [0.2, 0.25) is 11.8 Å². The molecule has 2 heterocycles. The van der Waals surface area contributed by atoms with Crippen molar-refractivity contribution in [1.29, 1.82) is 0 Å². The molecule has 3 N–H and O–H groups in total. The molecule has 7 heteroatoms. The number of carbonyl (C=O) groups is 2. The van der Waals surface area contributed by atoms with Gasteiger partial charge in [0.1, 0.15) is 6.04 Å². The smallest absolute Gasteiger partial charge is 0.242 e. The molecule has 7 nitrogen and oxygen atoms in total. The molecule has 2 aromatic carbocycles. The Labute approximate surface area is 199 Å². The molecular weight excluding hydrogens is 426 g/mol. The van der Waals surface area contributed by atoms with Crippen molar-refractivity contribution in [2.24, 2.45) is 0 Å². The summed E-state index contributed by atoms with van der Waals surface area (Å²) in [5, 5.41) is 6.98. The van der Waals surface area contributed by atoms with E-state index in [9.17, 15) is 9.59 Å². The fraction of sp³-hybridized carbons (Fsp3) is 0.222. The van der Waals surface area contributed by atoms with E-state index >= 15 is 0 Å². The molecule has 1 atom stereocenters. The van der Waals surface area contributed by atoms with Gasteiger partial charge in [0.25, 0.3) is 0 Å². The maximum atomic E-state index is 13.1. The molecule has 174 valence electrons. The van der Waals surface area contributed by atoms with E-state index in [2.05, 4.69) is 20.6 Å². The number of anilines is 1. The number of carbonyl (C=O) groups excluding carboxylic acids is 2. The molecular formula is C27H29N5O2. The van der Waals surface area contributed by atoms with E-state index in [0.29, 0.717) is 13.0 Å². The Bertz CT molecular complexity index is 1220. The lowest BCUT2D eigenvalue weighted by molar-refractivity contribution is -0.128. The number of aromatic amines is 1. The summed E-state index contributed by atoms with van der Waals surface area (Å²) in [4.78, 5) is 35.1. The second-order valence-electron chi connectivity index (χ2n) is 8.28. The molecule has 0 unspecified atom stereocenters. The number of hydrogen-bond donors (Lipinski definition) is 3. The minimum atomic E-state index is -0.690. The molecule has 0 aliphatic carbocycles. The predicted molar refractivity (Wildman–Crippen MR) is 135 cm³/mol. The lowest BCUT2D eigenvalue weighted by atomic mass is 10.0. The molecule has 34 heavy (non-hydrogen) atoms. The number of aromatic nitrogens is 2. The molecule has 4 rings (SSSR count). The molecule has 0 saturated heterocycles. The summed E-state index contributed by atoms with van der Waals surface area (Å²) in [7, 11) is 1.82. The molecule has 0 radical (unpaired) electrons. The average Bonchev–Trinajstić information content (AvgIpc) is 3.27. The second kappa shape index (κ2) is 11.1. The van der Waals surface area contributed by atoms with Gasteiger partial charge in [-0.15, -0.1) is 0 Å². The Hall–Kier alpha value is -4.13. The normalized spacial score (nSPS) is 11.7. The Morgan fingerprint density at radius 3 is 2.62 bits per heavy atom. The molecule has 0 fully saturated rings. The number of rotatable bonds is 10. The van der Waals surface area contributed by atoms with Crippen LogP contribution in [0.25, 0.3) is 10.9 Å². The van der Waals surface area contributed by atoms with Crippen LogP contribution in [0.1, 0.15) is 11.1 Å². The highest BCUT2D eigenvalue weighted by Gasteiger charge is 2.23. The minimum Gasteiger partial charge on any atom is -0.364 e. The molecule has 0 aliphatic rings. The number of pyridine rings is 1. The number of benzene rings is 2. The van der Waals surface area contributed by atoms with E-state index in [1.165, 1.54) is 0 Å². The van der Waals surface area contributed by atoms with E-state index in [4.69, 9.17) is 0 Å². The van der Waals surface area contributed by atoms with Crippen molar-refractivity contribution >= 4 is 28.4 Å². The van der Waals surface area contributed by atoms with Crippen molar-refractivity contribution in [1.82, 2.24) is 20.6 Å². The van der Waals surface area contributed by atoms with Crippen molar-refractivity contribution in [2.45, 2.75) is 18.9 Å². The van der Waals surface area contributed by atoms with Crippen LogP contribution in [0, 0.1) is 0 Å². The van der Waals surface area contributed by atoms with Crippen LogP contribution in [-0.4, -0.2) is 48.0 Å². The highest BCUT2D eigenvalue weighted by molar-refractivity contribution is 5.91. The lowest BCUT2D eigenvalue weighted by Crippen LogP contribution is -2.50. The van der Waals surface area contributed by atoms with Gasteiger partial charge in [-0.05, 0) is 35.7 Å². The Morgan fingerprint density at radius 1 is 1.03 bits per heavy atom. The van der Waals surface area contributed by atoms with Crippen LogP contribution in [0.15, 0.2) is 85.3 Å². The van der Waals surface area contributed by atoms with Crippen LogP contribution in [0.3, 0.4) is 0 Å². The largest absolute Gasteiger partial charge is 0.364 e. The maximum Gasteiger partial charge on any atom is 0.242 e. The molecule has 0 spiro atoms. The Morgan fingerprint density at radius 2 is 1.82 bits per heavy atom. The number of nitrogens with zero attached hydrogens (tertiary/aromatic N) is 2. The first kappa shape index (κ1) is 23.0. The third-order valence-corrected chi connectivity index (χ3v) is 5.77. The fourth-order valence-corrected chi connectivity index (χ4v) is 3.95. The monoisotopic (exact) mass is 455 g/mol. The van der Waals surface area contributed by atoms with Gasteiger partial charge in [0, 0.05) is 43.3 Å². The topological polar surface area (TPSA) is 90.1 Å². The first-order valence-corrected chi connectivity index (χ1v) is 11.4. The van der Waals surface area contributed by atoms with E-state index < -0.39 is 6.04 Å². The first-order chi connectivity index (χ1) is 16.6. The highest BCUT2D eigenvalue weighted by Crippen LogP contribution is 2.19. The molecule has 2 amide bonds. The van der Waals surface area contributed by atoms with Gasteiger partial charge in [0.05, 0.1) is 18.4 Å². The van der Waals surface area contributed by atoms with E-state index in [1.54, 1.807) is 17.3 Å². The summed E-state index contributed by atoms with van der Waals surface area (Å²) < 4.78 is 0. The number of amides is 2. The quantitative estimate of drug-likeness (QED) is 0.343. The van der Waals surface area contributed by atoms with E-state index in [-0.39, 0.29) is 18.4 Å². The average molecular weight is 456 g/mol. The van der Waals surface area contributed by atoms with Gasteiger partial charge in [0.15, 0.2) is 0 Å². The zero-order chi connectivity index (χ0) is 23.8. The standard InChI is InChI=1S/C27H29N5O2/c1-32(22-10-7-14-28-18-22)19-26(33)31-25(16-21-17-30-24-12-6-5-11-23(21)24)27(34)29-15-13-20-8-3-2-4-9-20/h2-12,14,17-18,25,30H,13,15-16,19H2,1H3,(H,29,34)(H,31,33)/t25-/m1/s1. The number of fused-ring (bicyclic) bond motifs is 1. The summed E-state index contributed by atoms with van der Waals surface area (Å²) in [6.45, 7) is 0.617. The fourth-order valence-electron chi connectivity index (χ4n) is 3.95. The van der Waals surface area contributed by atoms with E-state index in [0.717, 1.165) is 34.1 Å². The summed E-state index contributed by atoms with van der Waals surface area (Å²) in [6, 6.07) is 21.0. The molecule has 4 aromatic rings. The SMILES string of the molecule is CN(CC(=O)N[C@H](Cc1c[nH]c2ccccc12)C(=O)NCCc1ccccc1)c1cccnc1. The summed E-state index contributed by atoms with van der Waals surface area (Å²) >= 11 is 0. The predicted octanol–water partition coefficient (Wildman–Crippen LogP) is 3.09. The van der Waals surface area contributed by atoms with Gasteiger partial charge in [-0.25, -0.2) is 0 Å². The van der Waals surface area contributed by atoms with Gasteiger partial charge in [-0.1, -0.05) is 48.5 Å². The van der Waals surface area contributed by atoms with Gasteiger partial charge in [-0.3, -0.25) is 14.6 Å². The summed E-state index contributed by atoms with van der Waals surface area (Å²) in [6.07, 6.45) is 6.41. The number of nitrogens with one attached hydrogen (secondary N) is 3. The van der Waals surface area contributed by atoms with Crippen LogP contribution in [0.4, 0.5) is 5.69 Å². The van der Waals surface area contributed by atoms with Crippen LogP contribution >= 0.6 is 0 Å². The van der Waals surface area contributed by atoms with Crippen molar-refractivity contribution < 1.29 is 9.59 Å². The maximum absolute atomic E-state index is 13.1. The van der Waals surface area contributed by atoms with Crippen LogP contribution in [-0.2, 0) is 22.4 Å². The van der Waals surface area contributed by atoms with Gasteiger partial charge in [-0.2, -0.15) is 0 Å². The second-order valence-corrected chi connectivity index (χ2v) is 8.28. The number of H-pyrrole nitrogens is 1. The van der Waals surface area contributed by atoms with Crippen LogP contribution in [0.5, 0.6) is 0 Å². The van der Waals surface area contributed by atoms with Crippen molar-refractivity contribution in [3.05, 3.63) is 96.4 Å². The van der Waals surface area contributed by atoms with Gasteiger partial charge >= 0.3 is 0 Å². The van der Waals surface area contributed by atoms with Crippen molar-refractivity contribution in [3.8, 4) is 0 Å². The van der Waals surface area contributed by atoms with Crippen molar-refractivity contribution in [3.63, 3.8) is 0 Å². The van der Waals surface area contributed by atoms with Crippen molar-refractivity contribution in [2.75, 3.05) is 25.0 Å². The summed E-state index contributed by atoms with van der Waals surface area (Å²) in [5.41, 5.74) is 3.97. The number of likely N-dealkylation sites (N-methyl/N-ethyl adjacent to an activating group) is 1. The van der Waals surface area contributed by atoms with Crippen LogP contribution in [0.2, 0.25) is 0 Å². The van der Waals surface area contributed by atoms with E-state index in [1.807, 2.05) is 80.0 Å². The Kier molecular flexibility index (Phi) is 7.55. The lowest BCUT2D eigenvalue weighted by Gasteiger charge is -2.22. The third-order valence-electron chi connectivity index (χ3n) is 5.77. The third kappa shape index (κ3) is 6.01. The molecule has 0 saturated carbocycles. The zero-order valence-corrected chi connectivity index (χ0v) is 19.2. The number of hydrogen-bond acceptors (Lipinski definition) is 4. The first-order valence-electron chi connectivity index (χ1n) is 11.4. The number of para-hydroxylation sites is 1. The molecule has 0 bridgehead atoms.